The average Bonchev–Trinajstić information content (AvgIpc) is 3.23. The van der Waals surface area contributed by atoms with E-state index in [0.717, 1.165) is 48.5 Å². The fourth-order valence-corrected chi connectivity index (χ4v) is 4.24. The van der Waals surface area contributed by atoms with E-state index < -0.39 is 0 Å². The lowest BCUT2D eigenvalue weighted by molar-refractivity contribution is 0.589. The van der Waals surface area contributed by atoms with Crippen molar-refractivity contribution in [2.75, 3.05) is 31.1 Å². The van der Waals surface area contributed by atoms with Crippen molar-refractivity contribution < 1.29 is 0 Å². The third-order valence-electron chi connectivity index (χ3n) is 5.89. The number of para-hydroxylation sites is 1. The molecule has 1 aliphatic heterocycles. The third-order valence-corrected chi connectivity index (χ3v) is 5.89. The van der Waals surface area contributed by atoms with Crippen LogP contribution in [-0.2, 0) is 0 Å². The van der Waals surface area contributed by atoms with E-state index in [-0.39, 0.29) is 6.04 Å². The minimum Gasteiger partial charge on any atom is -0.368 e. The number of hydrogen-bond acceptors (Lipinski definition) is 4. The van der Waals surface area contributed by atoms with Crippen LogP contribution in [0.4, 0.5) is 5.69 Å². The molecule has 3 aromatic carbocycles. The molecule has 4 aromatic rings. The number of aromatic nitrogens is 2. The van der Waals surface area contributed by atoms with E-state index in [0.29, 0.717) is 0 Å². The molecule has 1 aliphatic rings. The number of nitrogens with two attached hydrogens (primary N) is 1. The van der Waals surface area contributed by atoms with E-state index in [1.54, 1.807) is 0 Å². The molecule has 152 valence electrons. The first kappa shape index (κ1) is 18.9. The summed E-state index contributed by atoms with van der Waals surface area (Å²) in [5.41, 5.74) is 14.1. The van der Waals surface area contributed by atoms with E-state index in [4.69, 9.17) is 5.73 Å². The Morgan fingerprint density at radius 2 is 1.80 bits per heavy atom. The SMILES string of the molecule is C[C@@H](N)c1ccc2c(c1)ncn2-c1cccc(-c2ccccc2N2CCNCC2)c1. The highest BCUT2D eigenvalue weighted by molar-refractivity contribution is 5.82. The summed E-state index contributed by atoms with van der Waals surface area (Å²) < 4.78 is 2.15. The number of nitrogens with zero attached hydrogens (tertiary/aromatic N) is 3. The minimum absolute atomic E-state index is 0.00404. The van der Waals surface area contributed by atoms with Gasteiger partial charge in [-0.3, -0.25) is 4.57 Å². The predicted octanol–water partition coefficient (Wildman–Crippen LogP) is 4.12. The number of fused-ring (bicyclic) bond motifs is 1. The highest BCUT2D eigenvalue weighted by Crippen LogP contribution is 2.32. The molecular weight excluding hydrogens is 370 g/mol. The molecule has 1 fully saturated rings. The molecule has 3 N–H and O–H groups in total. The molecule has 1 saturated heterocycles. The normalized spacial score (nSPS) is 15.5. The lowest BCUT2D eigenvalue weighted by atomic mass is 10.0. The molecule has 0 amide bonds. The summed E-state index contributed by atoms with van der Waals surface area (Å²) in [6.45, 7) is 6.12. The van der Waals surface area contributed by atoms with Crippen molar-refractivity contribution in [1.29, 1.82) is 0 Å². The molecule has 0 radical (unpaired) electrons. The van der Waals surface area contributed by atoms with Crippen molar-refractivity contribution in [3.8, 4) is 16.8 Å². The number of rotatable bonds is 4. The van der Waals surface area contributed by atoms with Crippen LogP contribution in [-0.4, -0.2) is 35.7 Å². The zero-order valence-corrected chi connectivity index (χ0v) is 17.3. The van der Waals surface area contributed by atoms with Crippen LogP contribution in [0.15, 0.2) is 73.1 Å². The van der Waals surface area contributed by atoms with Gasteiger partial charge in [0, 0.05) is 49.2 Å². The third kappa shape index (κ3) is 3.47. The van der Waals surface area contributed by atoms with Crippen molar-refractivity contribution in [2.45, 2.75) is 13.0 Å². The van der Waals surface area contributed by atoms with Gasteiger partial charge in [0.05, 0.1) is 11.0 Å². The number of benzene rings is 3. The standard InChI is InChI=1S/C25H27N5/c1-18(26)19-9-10-25-23(16-19)28-17-30(25)21-6-4-5-20(15-21)22-7-2-3-8-24(22)29-13-11-27-12-14-29/h2-10,15-18,27H,11-14,26H2,1H3/t18-/m1/s1. The number of nitrogens with one attached hydrogen (secondary N) is 1. The molecule has 5 rings (SSSR count). The van der Waals surface area contributed by atoms with Crippen LogP contribution in [0.25, 0.3) is 27.8 Å². The lowest BCUT2D eigenvalue weighted by Crippen LogP contribution is -2.43. The van der Waals surface area contributed by atoms with Crippen molar-refractivity contribution >= 4 is 16.7 Å². The highest BCUT2D eigenvalue weighted by Gasteiger charge is 2.15. The summed E-state index contributed by atoms with van der Waals surface area (Å²) in [4.78, 5) is 7.10. The number of imidazole rings is 1. The van der Waals surface area contributed by atoms with E-state index >= 15 is 0 Å². The summed E-state index contributed by atoms with van der Waals surface area (Å²) in [6.07, 6.45) is 1.90. The molecule has 1 atom stereocenters. The molecule has 0 aliphatic carbocycles. The Bertz CT molecular complexity index is 1170. The van der Waals surface area contributed by atoms with Gasteiger partial charge >= 0.3 is 0 Å². The second-order valence-electron chi connectivity index (χ2n) is 7.96. The Labute approximate surface area is 177 Å². The van der Waals surface area contributed by atoms with E-state index in [9.17, 15) is 0 Å². The molecular formula is C25H27N5. The van der Waals surface area contributed by atoms with Gasteiger partial charge in [-0.2, -0.15) is 0 Å². The monoisotopic (exact) mass is 397 g/mol. The van der Waals surface area contributed by atoms with Crippen molar-refractivity contribution in [1.82, 2.24) is 14.9 Å². The first-order valence-corrected chi connectivity index (χ1v) is 10.6. The van der Waals surface area contributed by atoms with Gasteiger partial charge in [-0.05, 0) is 48.4 Å². The van der Waals surface area contributed by atoms with Crippen molar-refractivity contribution in [2.24, 2.45) is 5.73 Å². The van der Waals surface area contributed by atoms with Crippen molar-refractivity contribution in [3.05, 3.63) is 78.6 Å². The maximum Gasteiger partial charge on any atom is 0.100 e. The van der Waals surface area contributed by atoms with Gasteiger partial charge in [0.1, 0.15) is 6.33 Å². The first-order chi connectivity index (χ1) is 14.7. The van der Waals surface area contributed by atoms with E-state index in [1.165, 1.54) is 16.8 Å². The molecule has 0 bridgehead atoms. The van der Waals surface area contributed by atoms with Gasteiger partial charge in [0.15, 0.2) is 0 Å². The average molecular weight is 398 g/mol. The van der Waals surface area contributed by atoms with Crippen LogP contribution in [0.2, 0.25) is 0 Å². The summed E-state index contributed by atoms with van der Waals surface area (Å²) >= 11 is 0. The fraction of sp³-hybridized carbons (Fsp3) is 0.240. The topological polar surface area (TPSA) is 59.1 Å². The predicted molar refractivity (Wildman–Crippen MR) is 124 cm³/mol. The maximum atomic E-state index is 6.04. The van der Waals surface area contributed by atoms with Crippen LogP contribution >= 0.6 is 0 Å². The van der Waals surface area contributed by atoms with Crippen LogP contribution in [0.3, 0.4) is 0 Å². The highest BCUT2D eigenvalue weighted by atomic mass is 15.2. The lowest BCUT2D eigenvalue weighted by Gasteiger charge is -2.31. The molecule has 0 saturated carbocycles. The van der Waals surface area contributed by atoms with Crippen LogP contribution in [0.1, 0.15) is 18.5 Å². The molecule has 30 heavy (non-hydrogen) atoms. The Hall–Kier alpha value is -3.15. The maximum absolute atomic E-state index is 6.04. The summed E-state index contributed by atoms with van der Waals surface area (Å²) in [6, 6.07) is 23.7. The Morgan fingerprint density at radius 3 is 2.63 bits per heavy atom. The summed E-state index contributed by atoms with van der Waals surface area (Å²) in [5.74, 6) is 0. The Morgan fingerprint density at radius 1 is 0.967 bits per heavy atom. The molecule has 0 unspecified atom stereocenters. The van der Waals surface area contributed by atoms with Gasteiger partial charge in [-0.1, -0.05) is 36.4 Å². The van der Waals surface area contributed by atoms with Gasteiger partial charge in [0.25, 0.3) is 0 Å². The molecule has 5 nitrogen and oxygen atoms in total. The van der Waals surface area contributed by atoms with Crippen LogP contribution in [0, 0.1) is 0 Å². The number of piperazine rings is 1. The Balaban J connectivity index is 1.55. The summed E-state index contributed by atoms with van der Waals surface area (Å²) in [7, 11) is 0. The number of anilines is 1. The first-order valence-electron chi connectivity index (χ1n) is 10.6. The largest absolute Gasteiger partial charge is 0.368 e. The summed E-state index contributed by atoms with van der Waals surface area (Å²) in [5, 5.41) is 3.44. The Kier molecular flexibility index (Phi) is 4.99. The molecule has 0 spiro atoms. The zero-order chi connectivity index (χ0) is 20.5. The fourth-order valence-electron chi connectivity index (χ4n) is 4.24. The molecule has 2 heterocycles. The second kappa shape index (κ2) is 7.94. The van der Waals surface area contributed by atoms with Crippen molar-refractivity contribution in [3.63, 3.8) is 0 Å². The van der Waals surface area contributed by atoms with Gasteiger partial charge in [0.2, 0.25) is 0 Å². The molecule has 5 heteroatoms. The van der Waals surface area contributed by atoms with Crippen LogP contribution in [0.5, 0.6) is 0 Å². The zero-order valence-electron chi connectivity index (χ0n) is 17.3. The van der Waals surface area contributed by atoms with Crippen LogP contribution < -0.4 is 16.0 Å². The molecule has 1 aromatic heterocycles. The second-order valence-corrected chi connectivity index (χ2v) is 7.96. The van der Waals surface area contributed by atoms with E-state index in [2.05, 4.69) is 86.5 Å². The van der Waals surface area contributed by atoms with Gasteiger partial charge in [-0.15, -0.1) is 0 Å². The van der Waals surface area contributed by atoms with E-state index in [1.807, 2.05) is 13.3 Å². The smallest absolute Gasteiger partial charge is 0.100 e. The minimum atomic E-state index is 0.00404. The number of hydrogen-bond donors (Lipinski definition) is 2. The van der Waals surface area contributed by atoms with Gasteiger partial charge in [-0.25, -0.2) is 4.98 Å². The quantitative estimate of drug-likeness (QED) is 0.544. The van der Waals surface area contributed by atoms with Gasteiger partial charge < -0.3 is 16.0 Å².